The van der Waals surface area contributed by atoms with Crippen LogP contribution in [0.15, 0.2) is 59.8 Å². The third-order valence-corrected chi connectivity index (χ3v) is 5.26. The van der Waals surface area contributed by atoms with Gasteiger partial charge in [0.05, 0.1) is 23.6 Å². The van der Waals surface area contributed by atoms with Gasteiger partial charge < -0.3 is 20.7 Å². The number of esters is 1. The molecule has 2 aromatic rings. The van der Waals surface area contributed by atoms with Crippen molar-refractivity contribution in [2.24, 2.45) is 0 Å². The van der Waals surface area contributed by atoms with Crippen LogP contribution in [0.1, 0.15) is 31.9 Å². The molecule has 1 aliphatic heterocycles. The summed E-state index contributed by atoms with van der Waals surface area (Å²) in [5.41, 5.74) is 2.11. The zero-order valence-electron chi connectivity index (χ0n) is 19.0. The third kappa shape index (κ3) is 5.31. The van der Waals surface area contributed by atoms with E-state index in [1.807, 2.05) is 6.92 Å². The lowest BCUT2D eigenvalue weighted by Crippen LogP contribution is -2.48. The molecule has 0 saturated heterocycles. The number of benzene rings is 2. The maximum atomic E-state index is 12.7. The number of hydrogen-bond acceptors (Lipinski definition) is 6. The van der Waals surface area contributed by atoms with Crippen molar-refractivity contribution in [2.45, 2.75) is 26.3 Å². The fourth-order valence-corrected chi connectivity index (χ4v) is 3.65. The number of nitro benzene ring substituents is 1. The lowest BCUT2D eigenvalue weighted by molar-refractivity contribution is -0.384. The molecule has 178 valence electrons. The van der Waals surface area contributed by atoms with Gasteiger partial charge in [0.15, 0.2) is 0 Å². The van der Waals surface area contributed by atoms with Crippen LogP contribution in [0, 0.1) is 10.1 Å². The lowest BCUT2D eigenvalue weighted by Gasteiger charge is -2.35. The highest BCUT2D eigenvalue weighted by Crippen LogP contribution is 2.32. The SMILES string of the molecule is CCCN1C(=O)NC(c2cccc(NC(=O)Nc3ccc([N+](=O)[O-])cc3)c2)C(C(=O)OC)=C1C. The van der Waals surface area contributed by atoms with Gasteiger partial charge >= 0.3 is 18.0 Å². The second-order valence-corrected chi connectivity index (χ2v) is 7.53. The van der Waals surface area contributed by atoms with E-state index in [9.17, 15) is 24.5 Å². The van der Waals surface area contributed by atoms with E-state index in [0.717, 1.165) is 0 Å². The highest BCUT2D eigenvalue weighted by atomic mass is 16.6. The Kier molecular flexibility index (Phi) is 7.46. The smallest absolute Gasteiger partial charge is 0.337 e. The van der Waals surface area contributed by atoms with Crippen molar-refractivity contribution in [3.8, 4) is 0 Å². The van der Waals surface area contributed by atoms with Gasteiger partial charge in [0.25, 0.3) is 5.69 Å². The molecule has 3 rings (SSSR count). The van der Waals surface area contributed by atoms with Gasteiger partial charge in [-0.15, -0.1) is 0 Å². The van der Waals surface area contributed by atoms with E-state index < -0.39 is 23.0 Å². The summed E-state index contributed by atoms with van der Waals surface area (Å²) in [5.74, 6) is -0.558. The normalized spacial score (nSPS) is 15.4. The van der Waals surface area contributed by atoms with Gasteiger partial charge in [-0.2, -0.15) is 0 Å². The van der Waals surface area contributed by atoms with E-state index in [-0.39, 0.29) is 11.7 Å². The molecule has 0 aromatic heterocycles. The Morgan fingerprint density at radius 1 is 1.15 bits per heavy atom. The molecular formula is C23H25N5O6. The number of carbonyl (C=O) groups excluding carboxylic acids is 3. The third-order valence-electron chi connectivity index (χ3n) is 5.26. The van der Waals surface area contributed by atoms with Crippen LogP contribution in [-0.4, -0.2) is 41.5 Å². The van der Waals surface area contributed by atoms with Crippen LogP contribution in [0.2, 0.25) is 0 Å². The van der Waals surface area contributed by atoms with Gasteiger partial charge in [-0.1, -0.05) is 19.1 Å². The molecule has 0 saturated carbocycles. The largest absolute Gasteiger partial charge is 0.466 e. The van der Waals surface area contributed by atoms with Crippen molar-refractivity contribution in [1.82, 2.24) is 10.2 Å². The van der Waals surface area contributed by atoms with Gasteiger partial charge in [0, 0.05) is 35.7 Å². The number of nitrogens with one attached hydrogen (secondary N) is 3. The van der Waals surface area contributed by atoms with Gasteiger partial charge in [0.1, 0.15) is 0 Å². The van der Waals surface area contributed by atoms with Crippen molar-refractivity contribution in [3.05, 3.63) is 75.5 Å². The first kappa shape index (κ1) is 24.2. The molecule has 1 unspecified atom stereocenters. The molecule has 1 aliphatic rings. The molecule has 0 spiro atoms. The molecule has 0 bridgehead atoms. The van der Waals surface area contributed by atoms with Crippen molar-refractivity contribution in [1.29, 1.82) is 0 Å². The summed E-state index contributed by atoms with van der Waals surface area (Å²) in [4.78, 5) is 49.4. The van der Waals surface area contributed by atoms with E-state index in [1.165, 1.54) is 36.3 Å². The number of methoxy groups -OCH3 is 1. The summed E-state index contributed by atoms with van der Waals surface area (Å²) < 4.78 is 4.96. The molecule has 1 heterocycles. The second kappa shape index (κ2) is 10.5. The van der Waals surface area contributed by atoms with Crippen LogP contribution in [-0.2, 0) is 9.53 Å². The minimum atomic E-state index is -0.757. The maximum Gasteiger partial charge on any atom is 0.337 e. The number of anilines is 2. The predicted molar refractivity (Wildman–Crippen MR) is 125 cm³/mol. The van der Waals surface area contributed by atoms with Crippen LogP contribution < -0.4 is 16.0 Å². The Morgan fingerprint density at radius 3 is 2.44 bits per heavy atom. The Balaban J connectivity index is 1.82. The first-order chi connectivity index (χ1) is 16.2. The van der Waals surface area contributed by atoms with Gasteiger partial charge in [-0.3, -0.25) is 15.0 Å². The molecule has 0 aliphatic carbocycles. The molecule has 0 fully saturated rings. The minimum Gasteiger partial charge on any atom is -0.466 e. The molecular weight excluding hydrogens is 442 g/mol. The van der Waals surface area contributed by atoms with Gasteiger partial charge in [0.2, 0.25) is 0 Å². The molecule has 34 heavy (non-hydrogen) atoms. The number of amides is 4. The highest BCUT2D eigenvalue weighted by Gasteiger charge is 2.36. The second-order valence-electron chi connectivity index (χ2n) is 7.53. The summed E-state index contributed by atoms with van der Waals surface area (Å²) in [7, 11) is 1.28. The van der Waals surface area contributed by atoms with E-state index in [1.54, 1.807) is 31.2 Å². The average molecular weight is 467 g/mol. The maximum absolute atomic E-state index is 12.7. The molecule has 4 amide bonds. The molecule has 3 N–H and O–H groups in total. The van der Waals surface area contributed by atoms with E-state index >= 15 is 0 Å². The topological polar surface area (TPSA) is 143 Å². The summed E-state index contributed by atoms with van der Waals surface area (Å²) >= 11 is 0. The summed E-state index contributed by atoms with van der Waals surface area (Å²) in [6.45, 7) is 4.09. The average Bonchev–Trinajstić information content (AvgIpc) is 2.81. The number of nitro groups is 1. The summed E-state index contributed by atoms with van der Waals surface area (Å²) in [6, 6.07) is 10.5. The molecule has 11 heteroatoms. The number of hydrogen-bond donors (Lipinski definition) is 3. The number of ether oxygens (including phenoxy) is 1. The number of urea groups is 2. The Hall–Kier alpha value is -4.41. The van der Waals surface area contributed by atoms with Crippen molar-refractivity contribution < 1.29 is 24.0 Å². The van der Waals surface area contributed by atoms with Gasteiger partial charge in [-0.05, 0) is 43.2 Å². The standard InChI is InChI=1S/C23H25N5O6/c1-4-12-27-14(2)19(21(29)34-3)20(26-23(27)31)15-6-5-7-17(13-15)25-22(30)24-16-8-10-18(11-9-16)28(32)33/h5-11,13,20H,4,12H2,1-3H3,(H,26,31)(H2,24,25,30). The van der Waals surface area contributed by atoms with Crippen molar-refractivity contribution in [2.75, 3.05) is 24.3 Å². The zero-order valence-corrected chi connectivity index (χ0v) is 19.0. The Morgan fingerprint density at radius 2 is 1.82 bits per heavy atom. The van der Waals surface area contributed by atoms with Crippen LogP contribution in [0.25, 0.3) is 0 Å². The minimum absolute atomic E-state index is 0.0875. The van der Waals surface area contributed by atoms with Crippen LogP contribution in [0.3, 0.4) is 0 Å². The fourth-order valence-electron chi connectivity index (χ4n) is 3.65. The van der Waals surface area contributed by atoms with Crippen molar-refractivity contribution in [3.63, 3.8) is 0 Å². The number of nitrogens with zero attached hydrogens (tertiary/aromatic N) is 2. The first-order valence-corrected chi connectivity index (χ1v) is 10.5. The fraction of sp³-hybridized carbons (Fsp3) is 0.261. The van der Waals surface area contributed by atoms with Crippen molar-refractivity contribution >= 4 is 35.1 Å². The van der Waals surface area contributed by atoms with Crippen LogP contribution >= 0.6 is 0 Å². The van der Waals surface area contributed by atoms with E-state index in [2.05, 4.69) is 16.0 Å². The first-order valence-electron chi connectivity index (χ1n) is 10.5. The molecule has 2 aromatic carbocycles. The van der Waals surface area contributed by atoms with E-state index in [0.29, 0.717) is 41.2 Å². The molecule has 1 atom stereocenters. The number of carbonyl (C=O) groups is 3. The number of allylic oxidation sites excluding steroid dienone is 1. The van der Waals surface area contributed by atoms with Crippen LogP contribution in [0.5, 0.6) is 0 Å². The Labute approximate surface area is 195 Å². The summed E-state index contributed by atoms with van der Waals surface area (Å²) in [5, 5.41) is 18.9. The zero-order chi connectivity index (χ0) is 24.8. The molecule has 11 nitrogen and oxygen atoms in total. The molecule has 0 radical (unpaired) electrons. The quantitative estimate of drug-likeness (QED) is 0.317. The van der Waals surface area contributed by atoms with E-state index in [4.69, 9.17) is 4.74 Å². The van der Waals surface area contributed by atoms with Gasteiger partial charge in [-0.25, -0.2) is 14.4 Å². The highest BCUT2D eigenvalue weighted by molar-refractivity contribution is 6.00. The number of non-ortho nitro benzene ring substituents is 1. The number of rotatable bonds is 7. The lowest BCUT2D eigenvalue weighted by atomic mass is 9.94. The van der Waals surface area contributed by atoms with Crippen LogP contribution in [0.4, 0.5) is 26.7 Å². The monoisotopic (exact) mass is 467 g/mol. The Bertz CT molecular complexity index is 1140. The predicted octanol–water partition coefficient (Wildman–Crippen LogP) is 4.16. The summed E-state index contributed by atoms with van der Waals surface area (Å²) in [6.07, 6.45) is 0.715.